The summed E-state index contributed by atoms with van der Waals surface area (Å²) in [5, 5.41) is 26.7. The Morgan fingerprint density at radius 1 is 1.14 bits per heavy atom. The van der Waals surface area contributed by atoms with Gasteiger partial charge in [0.15, 0.2) is 5.82 Å². The number of hydrogen-bond acceptors (Lipinski definition) is 7. The Hall–Kier alpha value is -3.46. The fraction of sp³-hybridized carbons (Fsp3) is 0.500. The van der Waals surface area contributed by atoms with E-state index in [1.807, 2.05) is 29.2 Å². The number of amides is 1. The van der Waals surface area contributed by atoms with Crippen LogP contribution < -0.4 is 10.6 Å². The summed E-state index contributed by atoms with van der Waals surface area (Å²) in [6, 6.07) is 10.1. The van der Waals surface area contributed by atoms with Crippen molar-refractivity contribution in [3.63, 3.8) is 0 Å². The molecule has 1 saturated carbocycles. The van der Waals surface area contributed by atoms with Crippen LogP contribution in [0.1, 0.15) is 53.4 Å². The Labute approximate surface area is 218 Å². The molecule has 0 bridgehead atoms. The number of anilines is 1. The molecule has 196 valence electrons. The Balaban J connectivity index is 1.41. The first-order valence-corrected chi connectivity index (χ1v) is 13.1. The van der Waals surface area contributed by atoms with Crippen LogP contribution in [0.15, 0.2) is 42.7 Å². The number of aromatic nitrogens is 4. The van der Waals surface area contributed by atoms with Crippen LogP contribution in [0, 0.1) is 5.41 Å². The molecule has 1 amide bonds. The van der Waals surface area contributed by atoms with Crippen LogP contribution >= 0.6 is 0 Å². The fourth-order valence-corrected chi connectivity index (χ4v) is 5.73. The van der Waals surface area contributed by atoms with Gasteiger partial charge in [-0.25, -0.2) is 0 Å². The van der Waals surface area contributed by atoms with Crippen LogP contribution in [0.3, 0.4) is 0 Å². The number of nitrogens with zero attached hydrogens (tertiary/aromatic N) is 5. The molecule has 2 aliphatic rings. The molecule has 1 unspecified atom stereocenters. The Kier molecular flexibility index (Phi) is 6.43. The van der Waals surface area contributed by atoms with Gasteiger partial charge in [0.1, 0.15) is 5.75 Å². The van der Waals surface area contributed by atoms with E-state index in [9.17, 15) is 9.90 Å². The lowest BCUT2D eigenvalue weighted by molar-refractivity contribution is -0.147. The van der Waals surface area contributed by atoms with E-state index in [2.05, 4.69) is 53.0 Å². The van der Waals surface area contributed by atoms with Gasteiger partial charge in [-0.15, -0.1) is 10.2 Å². The highest BCUT2D eigenvalue weighted by Crippen LogP contribution is 2.49. The number of phenols is 1. The zero-order valence-electron chi connectivity index (χ0n) is 22.1. The molecule has 1 aliphatic carbocycles. The van der Waals surface area contributed by atoms with E-state index in [-0.39, 0.29) is 28.7 Å². The molecule has 2 aromatic heterocycles. The summed E-state index contributed by atoms with van der Waals surface area (Å²) in [5.74, 6) is 1.12. The number of nitrogens with two attached hydrogens (primary N) is 1. The van der Waals surface area contributed by atoms with Gasteiger partial charge in [0.05, 0.1) is 11.9 Å². The van der Waals surface area contributed by atoms with Crippen molar-refractivity contribution >= 4 is 11.7 Å². The average molecular weight is 504 g/mol. The van der Waals surface area contributed by atoms with E-state index in [1.54, 1.807) is 18.5 Å². The van der Waals surface area contributed by atoms with E-state index in [1.165, 1.54) is 0 Å². The normalized spacial score (nSPS) is 20.6. The molecule has 2 fully saturated rings. The Morgan fingerprint density at radius 3 is 2.51 bits per heavy atom. The lowest BCUT2D eigenvalue weighted by atomic mass is 9.64. The second-order valence-corrected chi connectivity index (χ2v) is 11.3. The zero-order valence-corrected chi connectivity index (χ0v) is 22.1. The van der Waals surface area contributed by atoms with Gasteiger partial charge in [-0.1, -0.05) is 19.9 Å². The van der Waals surface area contributed by atoms with Crippen molar-refractivity contribution in [2.75, 3.05) is 18.0 Å². The zero-order chi connectivity index (χ0) is 26.4. The van der Waals surface area contributed by atoms with E-state index < -0.39 is 0 Å². The first-order valence-electron chi connectivity index (χ1n) is 13.1. The minimum atomic E-state index is -0.342. The minimum absolute atomic E-state index is 0.125. The van der Waals surface area contributed by atoms with Crippen molar-refractivity contribution in [1.82, 2.24) is 25.3 Å². The third kappa shape index (κ3) is 4.45. The monoisotopic (exact) mass is 503 g/mol. The number of benzene rings is 1. The topological polar surface area (TPSA) is 124 Å². The number of H-pyrrole nitrogens is 1. The van der Waals surface area contributed by atoms with Crippen LogP contribution in [0.4, 0.5) is 5.82 Å². The maximum Gasteiger partial charge on any atom is 0.224 e. The predicted octanol–water partition coefficient (Wildman–Crippen LogP) is 3.96. The molecule has 1 saturated heterocycles. The molecule has 1 aliphatic heterocycles. The summed E-state index contributed by atoms with van der Waals surface area (Å²) < 4.78 is 0. The van der Waals surface area contributed by atoms with E-state index in [0.29, 0.717) is 36.8 Å². The first-order chi connectivity index (χ1) is 17.6. The molecule has 3 heterocycles. The van der Waals surface area contributed by atoms with Gasteiger partial charge in [-0.3, -0.25) is 9.89 Å². The Bertz CT molecular complexity index is 1250. The van der Waals surface area contributed by atoms with E-state index in [0.717, 1.165) is 36.2 Å². The summed E-state index contributed by atoms with van der Waals surface area (Å²) in [7, 11) is 0. The van der Waals surface area contributed by atoms with Crippen LogP contribution in [-0.4, -0.2) is 67.0 Å². The number of rotatable bonds is 7. The van der Waals surface area contributed by atoms with Crippen molar-refractivity contribution in [2.45, 2.75) is 71.0 Å². The third-order valence-corrected chi connectivity index (χ3v) is 8.67. The summed E-state index contributed by atoms with van der Waals surface area (Å²) in [5.41, 5.74) is 8.20. The quantitative estimate of drug-likeness (QED) is 0.446. The molecular formula is C28H37N7O2. The Morgan fingerprint density at radius 2 is 1.92 bits per heavy atom. The molecule has 0 spiro atoms. The molecule has 3 aromatic rings. The molecule has 1 atom stereocenters. The van der Waals surface area contributed by atoms with Gasteiger partial charge in [-0.05, 0) is 62.9 Å². The number of carbonyl (C=O) groups excluding carboxylic acids is 1. The number of aromatic amines is 1. The molecule has 5 rings (SSSR count). The predicted molar refractivity (Wildman–Crippen MR) is 144 cm³/mol. The number of nitrogens with one attached hydrogen (secondary N) is 1. The van der Waals surface area contributed by atoms with Crippen molar-refractivity contribution in [3.8, 4) is 28.1 Å². The van der Waals surface area contributed by atoms with Gasteiger partial charge >= 0.3 is 0 Å². The summed E-state index contributed by atoms with van der Waals surface area (Å²) in [4.78, 5) is 17.3. The van der Waals surface area contributed by atoms with Crippen molar-refractivity contribution in [1.29, 1.82) is 0 Å². The number of phenolic OH excluding ortho intramolecular Hbond substituents is 1. The van der Waals surface area contributed by atoms with Crippen molar-refractivity contribution in [2.24, 2.45) is 11.1 Å². The van der Waals surface area contributed by atoms with Crippen LogP contribution in [0.25, 0.3) is 22.4 Å². The van der Waals surface area contributed by atoms with Gasteiger partial charge in [-0.2, -0.15) is 5.10 Å². The van der Waals surface area contributed by atoms with Gasteiger partial charge in [0.25, 0.3) is 0 Å². The van der Waals surface area contributed by atoms with E-state index >= 15 is 0 Å². The molecule has 0 radical (unpaired) electrons. The molecule has 9 heteroatoms. The maximum absolute atomic E-state index is 12.9. The molecular weight excluding hydrogens is 466 g/mol. The summed E-state index contributed by atoms with van der Waals surface area (Å²) in [6.45, 7) is 9.93. The molecule has 37 heavy (non-hydrogen) atoms. The largest absolute Gasteiger partial charge is 0.507 e. The highest BCUT2D eigenvalue weighted by molar-refractivity contribution is 5.77. The second kappa shape index (κ2) is 9.45. The SMILES string of the molecule is CC1(C)C(N(c2ccc(-c3ccc(-c4cn[nH]c4)cc3O)nn2)C2CC2)CCN(C(=O)CCN)C1(C)C. The molecule has 4 N–H and O–H groups in total. The van der Waals surface area contributed by atoms with Gasteiger partial charge < -0.3 is 20.6 Å². The lowest BCUT2D eigenvalue weighted by Crippen LogP contribution is -2.68. The fourth-order valence-electron chi connectivity index (χ4n) is 5.73. The second-order valence-electron chi connectivity index (χ2n) is 11.3. The number of hydrogen-bond donors (Lipinski definition) is 3. The standard InChI is InChI=1S/C28H37N7O2/c1-27(2)24(12-14-34(28(27,3)4)26(37)11-13-29)35(20-6-7-20)25-10-9-22(32-33-25)21-8-5-18(15-23(21)36)19-16-30-31-17-19/h5,8-10,15-17,20,24,36H,6-7,11-14,29H2,1-4H3,(H,30,31). The highest BCUT2D eigenvalue weighted by atomic mass is 16.3. The summed E-state index contributed by atoms with van der Waals surface area (Å²) >= 11 is 0. The average Bonchev–Trinajstić information content (AvgIpc) is 3.54. The molecule has 9 nitrogen and oxygen atoms in total. The smallest absolute Gasteiger partial charge is 0.224 e. The number of piperidine rings is 1. The molecule has 1 aromatic carbocycles. The van der Waals surface area contributed by atoms with Crippen LogP contribution in [0.5, 0.6) is 5.75 Å². The summed E-state index contributed by atoms with van der Waals surface area (Å²) in [6.07, 6.45) is 7.00. The van der Waals surface area contributed by atoms with Crippen molar-refractivity contribution in [3.05, 3.63) is 42.7 Å². The van der Waals surface area contributed by atoms with Gasteiger partial charge in [0.2, 0.25) is 5.91 Å². The van der Waals surface area contributed by atoms with E-state index in [4.69, 9.17) is 5.73 Å². The lowest BCUT2D eigenvalue weighted by Gasteiger charge is -2.59. The van der Waals surface area contributed by atoms with Crippen LogP contribution in [0.2, 0.25) is 0 Å². The van der Waals surface area contributed by atoms with Crippen molar-refractivity contribution < 1.29 is 9.90 Å². The number of carbonyl (C=O) groups is 1. The number of aromatic hydroxyl groups is 1. The first kappa shape index (κ1) is 25.2. The van der Waals surface area contributed by atoms with Gasteiger partial charge in [0, 0.05) is 59.9 Å². The third-order valence-electron chi connectivity index (χ3n) is 8.67. The number of likely N-dealkylation sites (tertiary alicyclic amines) is 1. The van der Waals surface area contributed by atoms with Crippen LogP contribution in [-0.2, 0) is 4.79 Å². The minimum Gasteiger partial charge on any atom is -0.507 e. The highest BCUT2D eigenvalue weighted by Gasteiger charge is 2.55. The maximum atomic E-state index is 12.9.